The number of rotatable bonds is 9. The fourth-order valence-electron chi connectivity index (χ4n) is 2.62. The molecule has 0 bridgehead atoms. The first kappa shape index (κ1) is 16.9. The van der Waals surface area contributed by atoms with Gasteiger partial charge in [-0.2, -0.15) is 0 Å². The summed E-state index contributed by atoms with van der Waals surface area (Å²) >= 11 is 0. The van der Waals surface area contributed by atoms with Gasteiger partial charge in [-0.25, -0.2) is 0 Å². The highest BCUT2D eigenvalue weighted by molar-refractivity contribution is 4.75. The molecular weight excluding hydrogens is 236 g/mol. The zero-order valence-electron chi connectivity index (χ0n) is 13.5. The minimum Gasteiger partial charge on any atom is -0.379 e. The second kappa shape index (κ2) is 9.73. The van der Waals surface area contributed by atoms with E-state index in [-0.39, 0.29) is 0 Å². The van der Waals surface area contributed by atoms with Crippen LogP contribution in [0.15, 0.2) is 0 Å². The van der Waals surface area contributed by atoms with E-state index in [1.54, 1.807) is 0 Å². The van der Waals surface area contributed by atoms with Crippen LogP contribution in [0, 0.1) is 0 Å². The second-order valence-corrected chi connectivity index (χ2v) is 6.12. The van der Waals surface area contributed by atoms with Gasteiger partial charge in [0.2, 0.25) is 0 Å². The van der Waals surface area contributed by atoms with Crippen LogP contribution in [0.2, 0.25) is 0 Å². The van der Waals surface area contributed by atoms with Gasteiger partial charge in [0.1, 0.15) is 0 Å². The molecule has 3 nitrogen and oxygen atoms in total. The fraction of sp³-hybridized carbons (Fsp3) is 1.00. The van der Waals surface area contributed by atoms with Crippen LogP contribution in [0.3, 0.4) is 0 Å². The van der Waals surface area contributed by atoms with Crippen LogP contribution >= 0.6 is 0 Å². The minimum absolute atomic E-state index is 0.383. The molecule has 3 heteroatoms. The highest BCUT2D eigenvalue weighted by atomic mass is 16.5. The predicted octanol–water partition coefficient (Wildman–Crippen LogP) is 3.00. The Hall–Kier alpha value is -0.120. The van der Waals surface area contributed by atoms with Gasteiger partial charge >= 0.3 is 0 Å². The maximum Gasteiger partial charge on any atom is 0.0518 e. The van der Waals surface area contributed by atoms with Crippen molar-refractivity contribution in [3.05, 3.63) is 0 Å². The lowest BCUT2D eigenvalue weighted by atomic mass is 10.1. The van der Waals surface area contributed by atoms with Gasteiger partial charge in [0.15, 0.2) is 0 Å². The molecule has 0 aliphatic carbocycles. The Morgan fingerprint density at radius 1 is 0.947 bits per heavy atom. The zero-order valence-corrected chi connectivity index (χ0v) is 13.5. The van der Waals surface area contributed by atoms with Gasteiger partial charge in [0, 0.05) is 38.8 Å². The van der Waals surface area contributed by atoms with Crippen LogP contribution in [0.25, 0.3) is 0 Å². The maximum atomic E-state index is 5.57. The number of hydrogen-bond acceptors (Lipinski definition) is 3. The molecule has 0 aromatic carbocycles. The summed E-state index contributed by atoms with van der Waals surface area (Å²) in [5.74, 6) is 0. The molecule has 0 radical (unpaired) electrons. The monoisotopic (exact) mass is 270 g/mol. The number of piperazine rings is 1. The molecule has 1 unspecified atom stereocenters. The van der Waals surface area contributed by atoms with Crippen molar-refractivity contribution in [3.8, 4) is 0 Å². The van der Waals surface area contributed by atoms with Gasteiger partial charge in [-0.05, 0) is 53.0 Å². The van der Waals surface area contributed by atoms with Crippen molar-refractivity contribution in [1.29, 1.82) is 0 Å². The predicted molar refractivity (Wildman–Crippen MR) is 82.7 cm³/mol. The van der Waals surface area contributed by atoms with Gasteiger partial charge in [-0.15, -0.1) is 0 Å². The topological polar surface area (TPSA) is 15.7 Å². The molecule has 1 rings (SSSR count). The quantitative estimate of drug-likeness (QED) is 0.599. The Labute approximate surface area is 120 Å². The summed E-state index contributed by atoms with van der Waals surface area (Å²) in [7, 11) is 0. The molecule has 1 fully saturated rings. The molecule has 114 valence electrons. The average molecular weight is 270 g/mol. The van der Waals surface area contributed by atoms with Crippen molar-refractivity contribution in [3.63, 3.8) is 0 Å². The molecule has 0 aromatic rings. The number of unbranched alkanes of at least 4 members (excludes halogenated alkanes) is 2. The van der Waals surface area contributed by atoms with Crippen molar-refractivity contribution in [2.75, 3.05) is 39.3 Å². The Kier molecular flexibility index (Phi) is 8.67. The summed E-state index contributed by atoms with van der Waals surface area (Å²) in [6, 6.07) is 0.760. The van der Waals surface area contributed by atoms with Gasteiger partial charge in [0.05, 0.1) is 6.10 Å². The van der Waals surface area contributed by atoms with Crippen LogP contribution in [-0.4, -0.2) is 61.3 Å². The smallest absolute Gasteiger partial charge is 0.0518 e. The Morgan fingerprint density at radius 2 is 1.63 bits per heavy atom. The van der Waals surface area contributed by atoms with E-state index in [1.165, 1.54) is 58.4 Å². The lowest BCUT2D eigenvalue weighted by Crippen LogP contribution is -2.49. The Morgan fingerprint density at radius 3 is 2.21 bits per heavy atom. The van der Waals surface area contributed by atoms with Crippen molar-refractivity contribution in [1.82, 2.24) is 9.80 Å². The van der Waals surface area contributed by atoms with Crippen LogP contribution in [0.4, 0.5) is 0 Å². The van der Waals surface area contributed by atoms with Crippen molar-refractivity contribution >= 4 is 0 Å². The number of nitrogens with zero attached hydrogens (tertiary/aromatic N) is 2. The summed E-state index contributed by atoms with van der Waals surface area (Å²) < 4.78 is 5.57. The third-order valence-corrected chi connectivity index (χ3v) is 4.19. The second-order valence-electron chi connectivity index (χ2n) is 6.12. The van der Waals surface area contributed by atoms with E-state index in [2.05, 4.69) is 37.5 Å². The fourth-order valence-corrected chi connectivity index (χ4v) is 2.62. The molecule has 1 aliphatic rings. The normalized spacial score (nSPS) is 20.1. The van der Waals surface area contributed by atoms with Crippen molar-refractivity contribution in [2.45, 2.75) is 65.5 Å². The van der Waals surface area contributed by atoms with Crippen molar-refractivity contribution < 1.29 is 4.74 Å². The zero-order chi connectivity index (χ0) is 14.1. The Bertz CT molecular complexity index is 213. The summed E-state index contributed by atoms with van der Waals surface area (Å²) in [5, 5.41) is 0. The van der Waals surface area contributed by atoms with E-state index in [4.69, 9.17) is 4.74 Å². The lowest BCUT2D eigenvalue weighted by Gasteiger charge is -2.37. The number of ether oxygens (including phenoxy) is 1. The number of hydrogen-bond donors (Lipinski definition) is 0. The maximum absolute atomic E-state index is 5.57. The average Bonchev–Trinajstić information content (AvgIpc) is 2.42. The molecule has 0 spiro atoms. The van der Waals surface area contributed by atoms with Crippen molar-refractivity contribution in [2.24, 2.45) is 0 Å². The third-order valence-electron chi connectivity index (χ3n) is 4.19. The summed E-state index contributed by atoms with van der Waals surface area (Å²) in [5.41, 5.74) is 0. The van der Waals surface area contributed by atoms with Gasteiger partial charge in [-0.3, -0.25) is 4.90 Å². The van der Waals surface area contributed by atoms with Gasteiger partial charge in [-0.1, -0.05) is 6.92 Å². The first-order valence-electron chi connectivity index (χ1n) is 8.21. The first-order chi connectivity index (χ1) is 9.13. The molecular formula is C16H34N2O. The largest absolute Gasteiger partial charge is 0.379 e. The molecule has 0 saturated carbocycles. The molecule has 0 N–H and O–H groups in total. The van der Waals surface area contributed by atoms with Crippen LogP contribution in [0.1, 0.15) is 53.4 Å². The van der Waals surface area contributed by atoms with Crippen LogP contribution in [-0.2, 0) is 4.74 Å². The standard InChI is InChI=1S/C16H34N2O/c1-5-16(4)18-12-10-17(11-13-18)9-7-6-8-14-19-15(2)3/h15-16H,5-14H2,1-4H3. The summed E-state index contributed by atoms with van der Waals surface area (Å²) in [4.78, 5) is 5.26. The Balaban J connectivity index is 1.98. The van der Waals surface area contributed by atoms with Crippen LogP contribution in [0.5, 0.6) is 0 Å². The van der Waals surface area contributed by atoms with Gasteiger partial charge < -0.3 is 9.64 Å². The van der Waals surface area contributed by atoms with E-state index in [9.17, 15) is 0 Å². The minimum atomic E-state index is 0.383. The lowest BCUT2D eigenvalue weighted by molar-refractivity contribution is 0.0735. The molecule has 1 saturated heterocycles. The molecule has 1 atom stereocenters. The summed E-state index contributed by atoms with van der Waals surface area (Å²) in [6.45, 7) is 16.1. The SMILES string of the molecule is CCC(C)N1CCN(CCCCCOC(C)C)CC1. The highest BCUT2D eigenvalue weighted by Gasteiger charge is 2.19. The molecule has 1 aliphatic heterocycles. The van der Waals surface area contributed by atoms with E-state index in [1.807, 2.05) is 0 Å². The first-order valence-corrected chi connectivity index (χ1v) is 8.21. The molecule has 1 heterocycles. The molecule has 0 amide bonds. The van der Waals surface area contributed by atoms with E-state index >= 15 is 0 Å². The molecule has 19 heavy (non-hydrogen) atoms. The van der Waals surface area contributed by atoms with Gasteiger partial charge in [0.25, 0.3) is 0 Å². The van der Waals surface area contributed by atoms with E-state index in [0.717, 1.165) is 12.6 Å². The van der Waals surface area contributed by atoms with E-state index in [0.29, 0.717) is 6.10 Å². The molecule has 0 aromatic heterocycles. The third kappa shape index (κ3) is 7.28. The van der Waals surface area contributed by atoms with E-state index < -0.39 is 0 Å². The highest BCUT2D eigenvalue weighted by Crippen LogP contribution is 2.09. The summed E-state index contributed by atoms with van der Waals surface area (Å²) in [6.07, 6.45) is 5.50. The van der Waals surface area contributed by atoms with Crippen LogP contribution < -0.4 is 0 Å².